The fourth-order valence-corrected chi connectivity index (χ4v) is 2.24. The van der Waals surface area contributed by atoms with Gasteiger partial charge < -0.3 is 18.9 Å². The fourth-order valence-electron chi connectivity index (χ4n) is 2.24. The Morgan fingerprint density at radius 2 is 1.76 bits per heavy atom. The molecule has 0 aromatic heterocycles. The van der Waals surface area contributed by atoms with E-state index in [9.17, 15) is 9.59 Å². The summed E-state index contributed by atoms with van der Waals surface area (Å²) in [7, 11) is 1.20. The lowest BCUT2D eigenvalue weighted by Crippen LogP contribution is -2.52. The Bertz CT molecular complexity index is 658. The van der Waals surface area contributed by atoms with Gasteiger partial charge in [-0.25, -0.2) is 9.59 Å². The second-order valence-electron chi connectivity index (χ2n) is 5.88. The Morgan fingerprint density at radius 1 is 1.12 bits per heavy atom. The quantitative estimate of drug-likeness (QED) is 0.776. The number of methoxy groups -OCH3 is 1. The molecule has 0 fully saturated rings. The largest absolute Gasteiger partial charge is 0.464 e. The van der Waals surface area contributed by atoms with Crippen molar-refractivity contribution in [2.75, 3.05) is 7.11 Å². The van der Waals surface area contributed by atoms with Crippen LogP contribution in [0.2, 0.25) is 0 Å². The SMILES string of the molecule is COC(=O)C1(c2ccccc2)OC(OC(C)C)=NN1C(=O)OC(C)C. The third-order valence-corrected chi connectivity index (χ3v) is 3.19. The van der Waals surface area contributed by atoms with Crippen LogP contribution in [0.3, 0.4) is 0 Å². The minimum absolute atomic E-state index is 0.218. The van der Waals surface area contributed by atoms with Crippen LogP contribution in [0.25, 0.3) is 0 Å². The minimum atomic E-state index is -1.95. The zero-order valence-electron chi connectivity index (χ0n) is 14.9. The Balaban J connectivity index is 2.54. The number of benzene rings is 1. The first kappa shape index (κ1) is 18.6. The topological polar surface area (TPSA) is 86.7 Å². The van der Waals surface area contributed by atoms with Gasteiger partial charge in [0.2, 0.25) is 0 Å². The highest BCUT2D eigenvalue weighted by Crippen LogP contribution is 2.37. The average molecular weight is 350 g/mol. The van der Waals surface area contributed by atoms with Gasteiger partial charge >= 0.3 is 23.9 Å². The summed E-state index contributed by atoms with van der Waals surface area (Å²) in [6, 6.07) is 8.43. The molecule has 0 radical (unpaired) electrons. The molecule has 8 nitrogen and oxygen atoms in total. The van der Waals surface area contributed by atoms with Crippen LogP contribution in [0.4, 0.5) is 4.79 Å². The van der Waals surface area contributed by atoms with Gasteiger partial charge in [-0.2, -0.15) is 0 Å². The van der Waals surface area contributed by atoms with E-state index in [2.05, 4.69) is 5.10 Å². The van der Waals surface area contributed by atoms with Gasteiger partial charge in [0.05, 0.1) is 19.3 Å². The van der Waals surface area contributed by atoms with Crippen molar-refractivity contribution < 1.29 is 28.5 Å². The van der Waals surface area contributed by atoms with Gasteiger partial charge in [-0.1, -0.05) is 35.4 Å². The molecular weight excluding hydrogens is 328 g/mol. The lowest BCUT2D eigenvalue weighted by molar-refractivity contribution is -0.178. The first-order chi connectivity index (χ1) is 11.8. The number of esters is 1. The van der Waals surface area contributed by atoms with Gasteiger partial charge in [0.25, 0.3) is 0 Å². The van der Waals surface area contributed by atoms with E-state index in [1.165, 1.54) is 7.11 Å². The Morgan fingerprint density at radius 3 is 2.28 bits per heavy atom. The normalized spacial score (nSPS) is 19.5. The van der Waals surface area contributed by atoms with Crippen molar-refractivity contribution >= 4 is 18.1 Å². The second-order valence-corrected chi connectivity index (χ2v) is 5.88. The van der Waals surface area contributed by atoms with Crippen LogP contribution in [-0.4, -0.2) is 42.5 Å². The summed E-state index contributed by atoms with van der Waals surface area (Å²) in [5, 5.41) is 4.82. The molecule has 0 aliphatic carbocycles. The molecule has 0 saturated heterocycles. The average Bonchev–Trinajstić information content (AvgIpc) is 2.94. The highest BCUT2D eigenvalue weighted by Gasteiger charge is 2.59. The van der Waals surface area contributed by atoms with Gasteiger partial charge in [0, 0.05) is 5.56 Å². The van der Waals surface area contributed by atoms with E-state index in [1.807, 2.05) is 0 Å². The molecule has 1 unspecified atom stereocenters. The van der Waals surface area contributed by atoms with E-state index >= 15 is 0 Å². The molecule has 0 saturated carbocycles. The summed E-state index contributed by atoms with van der Waals surface area (Å²) in [5.41, 5.74) is -1.60. The third-order valence-electron chi connectivity index (χ3n) is 3.19. The van der Waals surface area contributed by atoms with Crippen molar-refractivity contribution in [3.05, 3.63) is 35.9 Å². The highest BCUT2D eigenvalue weighted by molar-refractivity contribution is 5.90. The van der Waals surface area contributed by atoms with Crippen molar-refractivity contribution in [1.82, 2.24) is 5.01 Å². The molecule has 25 heavy (non-hydrogen) atoms. The van der Waals surface area contributed by atoms with Crippen LogP contribution >= 0.6 is 0 Å². The molecular formula is C17H22N2O6. The summed E-state index contributed by atoms with van der Waals surface area (Å²) in [6.45, 7) is 6.91. The smallest absolute Gasteiger partial charge is 0.435 e. The van der Waals surface area contributed by atoms with E-state index in [4.69, 9.17) is 18.9 Å². The summed E-state index contributed by atoms with van der Waals surface area (Å²) in [4.78, 5) is 25.2. The first-order valence-corrected chi connectivity index (χ1v) is 7.90. The van der Waals surface area contributed by atoms with Crippen molar-refractivity contribution in [2.45, 2.75) is 45.6 Å². The van der Waals surface area contributed by atoms with Crippen LogP contribution < -0.4 is 0 Å². The van der Waals surface area contributed by atoms with Crippen molar-refractivity contribution in [1.29, 1.82) is 0 Å². The summed E-state index contributed by atoms with van der Waals surface area (Å²) >= 11 is 0. The molecule has 136 valence electrons. The molecule has 1 aliphatic rings. The van der Waals surface area contributed by atoms with Crippen molar-refractivity contribution in [3.63, 3.8) is 0 Å². The number of nitrogens with zero attached hydrogens (tertiary/aromatic N) is 2. The van der Waals surface area contributed by atoms with Crippen LogP contribution in [-0.2, 0) is 29.5 Å². The number of ether oxygens (including phenoxy) is 4. The van der Waals surface area contributed by atoms with Gasteiger partial charge in [0.15, 0.2) is 0 Å². The number of amides is 1. The van der Waals surface area contributed by atoms with E-state index in [0.29, 0.717) is 5.56 Å². The lowest BCUT2D eigenvalue weighted by Gasteiger charge is -2.31. The van der Waals surface area contributed by atoms with Crippen LogP contribution in [0.15, 0.2) is 35.4 Å². The fraction of sp³-hybridized carbons (Fsp3) is 0.471. The molecule has 1 aromatic carbocycles. The van der Waals surface area contributed by atoms with Crippen LogP contribution in [0.5, 0.6) is 0 Å². The first-order valence-electron chi connectivity index (χ1n) is 7.90. The Kier molecular flexibility index (Phi) is 5.51. The maximum absolute atomic E-state index is 12.6. The molecule has 1 amide bonds. The number of carbonyl (C=O) groups is 2. The Hall–Kier alpha value is -2.77. The molecule has 0 spiro atoms. The molecule has 0 N–H and O–H groups in total. The maximum Gasteiger partial charge on any atom is 0.435 e. The second kappa shape index (κ2) is 7.42. The lowest BCUT2D eigenvalue weighted by atomic mass is 10.0. The van der Waals surface area contributed by atoms with Crippen molar-refractivity contribution in [3.8, 4) is 0 Å². The number of carbonyl (C=O) groups excluding carboxylic acids is 2. The molecule has 1 heterocycles. The minimum Gasteiger partial charge on any atom is -0.464 e. The number of hydrogen-bond acceptors (Lipinski definition) is 7. The van der Waals surface area contributed by atoms with Gasteiger partial charge in [0.1, 0.15) is 0 Å². The van der Waals surface area contributed by atoms with Gasteiger partial charge in [-0.05, 0) is 27.7 Å². The van der Waals surface area contributed by atoms with E-state index in [-0.39, 0.29) is 12.2 Å². The van der Waals surface area contributed by atoms with Crippen molar-refractivity contribution in [2.24, 2.45) is 5.10 Å². The predicted octanol–water partition coefficient (Wildman–Crippen LogP) is 2.59. The molecule has 2 rings (SSSR count). The highest BCUT2D eigenvalue weighted by atomic mass is 16.7. The third kappa shape index (κ3) is 3.67. The molecule has 1 aromatic rings. The standard InChI is InChI=1S/C17H22N2O6/c1-11(2)23-15-18-19(16(21)24-12(3)4)17(25-15,14(20)22-5)13-9-7-6-8-10-13/h6-12H,1-5H3. The zero-order chi connectivity index (χ0) is 18.6. The molecule has 1 aliphatic heterocycles. The summed E-state index contributed by atoms with van der Waals surface area (Å²) < 4.78 is 21.2. The van der Waals surface area contributed by atoms with Crippen LogP contribution in [0.1, 0.15) is 33.3 Å². The predicted molar refractivity (Wildman–Crippen MR) is 88.3 cm³/mol. The molecule has 1 atom stereocenters. The summed E-state index contributed by atoms with van der Waals surface area (Å²) in [5.74, 6) is -0.828. The summed E-state index contributed by atoms with van der Waals surface area (Å²) in [6.07, 6.45) is -1.76. The van der Waals surface area contributed by atoms with E-state index in [1.54, 1.807) is 58.0 Å². The maximum atomic E-state index is 12.6. The van der Waals surface area contributed by atoms with E-state index in [0.717, 1.165) is 5.01 Å². The molecule has 0 bridgehead atoms. The monoisotopic (exact) mass is 350 g/mol. The van der Waals surface area contributed by atoms with Gasteiger partial charge in [-0.3, -0.25) is 0 Å². The molecule has 8 heteroatoms. The zero-order valence-corrected chi connectivity index (χ0v) is 14.9. The van der Waals surface area contributed by atoms with Gasteiger partial charge in [-0.15, -0.1) is 5.01 Å². The number of rotatable bonds is 4. The Labute approximate surface area is 146 Å². The number of hydrazone groups is 1. The van der Waals surface area contributed by atoms with Crippen LogP contribution in [0, 0.1) is 0 Å². The number of hydrogen-bond donors (Lipinski definition) is 0. The van der Waals surface area contributed by atoms with E-state index < -0.39 is 23.9 Å².